The Hall–Kier alpha value is -3.72. The van der Waals surface area contributed by atoms with Gasteiger partial charge in [0.2, 0.25) is 0 Å². The maximum absolute atomic E-state index is 3.42. The summed E-state index contributed by atoms with van der Waals surface area (Å²) in [6.45, 7) is 0. The molecule has 1 N–H and O–H groups in total. The second-order valence-corrected chi connectivity index (χ2v) is 6.09. The van der Waals surface area contributed by atoms with Crippen molar-refractivity contribution in [3.63, 3.8) is 0 Å². The van der Waals surface area contributed by atoms with Crippen LogP contribution in [0.3, 0.4) is 0 Å². The quantitative estimate of drug-likeness (QED) is 0.426. The molecule has 0 fully saturated rings. The Balaban J connectivity index is 0.000000314. The summed E-state index contributed by atoms with van der Waals surface area (Å²) >= 11 is 0. The van der Waals surface area contributed by atoms with Crippen molar-refractivity contribution < 1.29 is 0 Å². The first-order valence-corrected chi connectivity index (χ1v) is 8.85. The number of aromatic nitrogens is 3. The van der Waals surface area contributed by atoms with Crippen LogP contribution in [0.15, 0.2) is 110 Å². The number of nitrogens with one attached hydrogen (secondary N) is 1. The standard InChI is InChI=1S/C22H16.C2H3N3/c1-2-9-17(10-3-1)19-14-6-7-15-21(19)22-16-8-12-18-11-4-5-13-20(18)22;1-3-2-5-4-1/h1-16H;1-2H,(H,3,4,5). The second kappa shape index (κ2) is 8.11. The monoisotopic (exact) mass is 349 g/mol. The molecule has 0 atom stereocenters. The highest BCUT2D eigenvalue weighted by molar-refractivity contribution is 6.00. The molecule has 0 radical (unpaired) electrons. The lowest BCUT2D eigenvalue weighted by molar-refractivity contribution is 1.09. The summed E-state index contributed by atoms with van der Waals surface area (Å²) < 4.78 is 0. The smallest absolute Gasteiger partial charge is 0.116 e. The van der Waals surface area contributed by atoms with Crippen molar-refractivity contribution in [3.05, 3.63) is 110 Å². The van der Waals surface area contributed by atoms with Crippen molar-refractivity contribution in [2.24, 2.45) is 0 Å². The molecule has 130 valence electrons. The highest BCUT2D eigenvalue weighted by Crippen LogP contribution is 2.35. The highest BCUT2D eigenvalue weighted by Gasteiger charge is 2.09. The number of fused-ring (bicyclic) bond motifs is 1. The van der Waals surface area contributed by atoms with Gasteiger partial charge in [-0.05, 0) is 33.0 Å². The third kappa shape index (κ3) is 3.77. The zero-order valence-electron chi connectivity index (χ0n) is 14.8. The molecule has 0 amide bonds. The molecule has 5 rings (SSSR count). The Kier molecular flexibility index (Phi) is 5.02. The average Bonchev–Trinajstić information content (AvgIpc) is 3.34. The number of nitrogens with zero attached hydrogens (tertiary/aromatic N) is 2. The lowest BCUT2D eigenvalue weighted by atomic mass is 9.91. The molecule has 0 aliphatic carbocycles. The normalized spacial score (nSPS) is 10.2. The van der Waals surface area contributed by atoms with Crippen molar-refractivity contribution in [1.82, 2.24) is 15.2 Å². The van der Waals surface area contributed by atoms with Gasteiger partial charge in [-0.25, -0.2) is 0 Å². The molecule has 0 spiro atoms. The molecule has 27 heavy (non-hydrogen) atoms. The summed E-state index contributed by atoms with van der Waals surface area (Å²) in [4.78, 5) is 2.64. The second-order valence-electron chi connectivity index (χ2n) is 6.09. The SMILES string of the molecule is c1ccc(-c2ccccc2-c2cccc3ccccc23)cc1.c1nnc[nH]1. The summed E-state index contributed by atoms with van der Waals surface area (Å²) in [6.07, 6.45) is 3.03. The molecule has 1 heterocycles. The van der Waals surface area contributed by atoms with Crippen molar-refractivity contribution in [3.8, 4) is 22.3 Å². The van der Waals surface area contributed by atoms with Crippen LogP contribution in [-0.2, 0) is 0 Å². The van der Waals surface area contributed by atoms with Crippen LogP contribution < -0.4 is 0 Å². The number of H-pyrrole nitrogens is 1. The number of rotatable bonds is 2. The maximum atomic E-state index is 3.42. The summed E-state index contributed by atoms with van der Waals surface area (Å²) in [5, 5.41) is 9.41. The van der Waals surface area contributed by atoms with Gasteiger partial charge in [0, 0.05) is 0 Å². The van der Waals surface area contributed by atoms with Crippen LogP contribution in [0.5, 0.6) is 0 Å². The summed E-state index contributed by atoms with van der Waals surface area (Å²) in [6, 6.07) is 34.3. The van der Waals surface area contributed by atoms with E-state index in [1.807, 2.05) is 0 Å². The Morgan fingerprint density at radius 3 is 1.81 bits per heavy atom. The Morgan fingerprint density at radius 2 is 1.07 bits per heavy atom. The largest absolute Gasteiger partial charge is 0.334 e. The van der Waals surface area contributed by atoms with E-state index in [-0.39, 0.29) is 0 Å². The highest BCUT2D eigenvalue weighted by atomic mass is 15.2. The molecule has 4 aromatic carbocycles. The molecule has 3 heteroatoms. The molecule has 5 aromatic rings. The van der Waals surface area contributed by atoms with Crippen molar-refractivity contribution in [2.75, 3.05) is 0 Å². The summed E-state index contributed by atoms with van der Waals surface area (Å²) in [5.41, 5.74) is 5.11. The van der Waals surface area contributed by atoms with Gasteiger partial charge in [-0.2, -0.15) is 0 Å². The first kappa shape index (κ1) is 16.7. The van der Waals surface area contributed by atoms with E-state index in [1.165, 1.54) is 45.7 Å². The van der Waals surface area contributed by atoms with Crippen LogP contribution in [0.25, 0.3) is 33.0 Å². The zero-order chi connectivity index (χ0) is 18.3. The van der Waals surface area contributed by atoms with Crippen LogP contribution >= 0.6 is 0 Å². The van der Waals surface area contributed by atoms with E-state index >= 15 is 0 Å². The number of hydrogen-bond donors (Lipinski definition) is 1. The van der Waals surface area contributed by atoms with E-state index in [0.29, 0.717) is 0 Å². The first-order valence-electron chi connectivity index (χ1n) is 8.85. The van der Waals surface area contributed by atoms with Crippen LogP contribution in [0.4, 0.5) is 0 Å². The maximum Gasteiger partial charge on any atom is 0.116 e. The number of hydrogen-bond acceptors (Lipinski definition) is 2. The van der Waals surface area contributed by atoms with Gasteiger partial charge in [0.05, 0.1) is 0 Å². The average molecular weight is 349 g/mol. The van der Waals surface area contributed by atoms with Crippen LogP contribution in [0.2, 0.25) is 0 Å². The van der Waals surface area contributed by atoms with Gasteiger partial charge in [-0.3, -0.25) is 0 Å². The molecular weight excluding hydrogens is 330 g/mol. The molecule has 1 aromatic heterocycles. The van der Waals surface area contributed by atoms with Gasteiger partial charge in [0.1, 0.15) is 12.7 Å². The predicted molar refractivity (Wildman–Crippen MR) is 111 cm³/mol. The molecule has 0 saturated heterocycles. The van der Waals surface area contributed by atoms with E-state index in [2.05, 4.69) is 112 Å². The Bertz CT molecular complexity index is 1090. The molecule has 0 bridgehead atoms. The fourth-order valence-electron chi connectivity index (χ4n) is 3.21. The van der Waals surface area contributed by atoms with Crippen molar-refractivity contribution in [2.45, 2.75) is 0 Å². The zero-order valence-corrected chi connectivity index (χ0v) is 14.8. The van der Waals surface area contributed by atoms with Gasteiger partial charge in [-0.15, -0.1) is 10.2 Å². The predicted octanol–water partition coefficient (Wildman–Crippen LogP) is 5.98. The van der Waals surface area contributed by atoms with E-state index in [0.717, 1.165) is 0 Å². The lowest BCUT2D eigenvalue weighted by Crippen LogP contribution is -1.86. The molecule has 3 nitrogen and oxygen atoms in total. The minimum absolute atomic E-state index is 1.26. The van der Waals surface area contributed by atoms with Gasteiger partial charge in [0.15, 0.2) is 0 Å². The first-order chi connectivity index (χ1) is 13.4. The lowest BCUT2D eigenvalue weighted by Gasteiger charge is -2.12. The summed E-state index contributed by atoms with van der Waals surface area (Å²) in [7, 11) is 0. The molecule has 0 unspecified atom stereocenters. The van der Waals surface area contributed by atoms with Crippen LogP contribution in [0, 0.1) is 0 Å². The van der Waals surface area contributed by atoms with Gasteiger partial charge >= 0.3 is 0 Å². The number of aromatic amines is 1. The van der Waals surface area contributed by atoms with Crippen LogP contribution in [0.1, 0.15) is 0 Å². The third-order valence-corrected chi connectivity index (χ3v) is 4.42. The number of benzene rings is 4. The molecule has 0 aliphatic rings. The van der Waals surface area contributed by atoms with Gasteiger partial charge in [-0.1, -0.05) is 97.1 Å². The molecular formula is C24H19N3. The Morgan fingerprint density at radius 1 is 0.481 bits per heavy atom. The van der Waals surface area contributed by atoms with Crippen molar-refractivity contribution >= 4 is 10.8 Å². The van der Waals surface area contributed by atoms with E-state index in [1.54, 1.807) is 0 Å². The molecule has 0 saturated carbocycles. The third-order valence-electron chi connectivity index (χ3n) is 4.42. The van der Waals surface area contributed by atoms with Crippen molar-refractivity contribution in [1.29, 1.82) is 0 Å². The van der Waals surface area contributed by atoms with E-state index < -0.39 is 0 Å². The Labute approximate surface area is 158 Å². The topological polar surface area (TPSA) is 41.6 Å². The minimum atomic E-state index is 1.26. The fraction of sp³-hybridized carbons (Fsp3) is 0. The minimum Gasteiger partial charge on any atom is -0.334 e. The molecule has 0 aliphatic heterocycles. The van der Waals surface area contributed by atoms with E-state index in [9.17, 15) is 0 Å². The van der Waals surface area contributed by atoms with Crippen LogP contribution in [-0.4, -0.2) is 15.2 Å². The fourth-order valence-corrected chi connectivity index (χ4v) is 3.21. The van der Waals surface area contributed by atoms with Gasteiger partial charge < -0.3 is 4.98 Å². The van der Waals surface area contributed by atoms with E-state index in [4.69, 9.17) is 0 Å². The van der Waals surface area contributed by atoms with Gasteiger partial charge in [0.25, 0.3) is 0 Å². The summed E-state index contributed by atoms with van der Waals surface area (Å²) in [5.74, 6) is 0.